The predicted molar refractivity (Wildman–Crippen MR) is 71.4 cm³/mol. The van der Waals surface area contributed by atoms with Crippen LogP contribution in [0.25, 0.3) is 11.3 Å². The first kappa shape index (κ1) is 11.8. The Hall–Kier alpha value is -1.68. The highest BCUT2D eigenvalue weighted by Crippen LogP contribution is 2.28. The summed E-state index contributed by atoms with van der Waals surface area (Å²) < 4.78 is 1.42. The van der Waals surface area contributed by atoms with Crippen molar-refractivity contribution < 1.29 is 0 Å². The molecule has 0 saturated carbocycles. The standard InChI is InChI=1S/C12H15ClN4/c1-3-10-16-11(12(14)17(10)15)8-5-4-7(2)9(13)6-8/h4-6H,3,14-15H2,1-2H3. The number of nitrogens with zero attached hydrogens (tertiary/aromatic N) is 2. The summed E-state index contributed by atoms with van der Waals surface area (Å²) in [6.45, 7) is 3.94. The molecule has 4 N–H and O–H groups in total. The van der Waals surface area contributed by atoms with Crippen molar-refractivity contribution >= 4 is 17.4 Å². The average Bonchev–Trinajstić information content (AvgIpc) is 2.60. The molecule has 0 saturated heterocycles. The number of imidazole rings is 1. The number of hydrogen-bond donors (Lipinski definition) is 2. The van der Waals surface area contributed by atoms with Gasteiger partial charge < -0.3 is 11.6 Å². The van der Waals surface area contributed by atoms with E-state index in [-0.39, 0.29) is 0 Å². The number of anilines is 1. The molecule has 1 heterocycles. The van der Waals surface area contributed by atoms with Crippen molar-refractivity contribution in [3.8, 4) is 11.3 Å². The lowest BCUT2D eigenvalue weighted by Gasteiger charge is -2.03. The molecule has 4 nitrogen and oxygen atoms in total. The number of aromatic nitrogens is 2. The summed E-state index contributed by atoms with van der Waals surface area (Å²) in [6.07, 6.45) is 0.736. The van der Waals surface area contributed by atoms with Crippen molar-refractivity contribution in [1.82, 2.24) is 9.66 Å². The van der Waals surface area contributed by atoms with Gasteiger partial charge in [-0.2, -0.15) is 0 Å². The Bertz CT molecular complexity index is 560. The fourth-order valence-corrected chi connectivity index (χ4v) is 1.88. The molecule has 1 aromatic carbocycles. The van der Waals surface area contributed by atoms with E-state index in [1.165, 1.54) is 4.68 Å². The summed E-state index contributed by atoms with van der Waals surface area (Å²) in [7, 11) is 0. The fraction of sp³-hybridized carbons (Fsp3) is 0.250. The first-order valence-corrected chi connectivity index (χ1v) is 5.81. The molecule has 17 heavy (non-hydrogen) atoms. The van der Waals surface area contributed by atoms with E-state index < -0.39 is 0 Å². The minimum absolute atomic E-state index is 0.460. The maximum absolute atomic E-state index is 6.09. The highest BCUT2D eigenvalue weighted by molar-refractivity contribution is 6.31. The number of benzene rings is 1. The van der Waals surface area contributed by atoms with Crippen LogP contribution in [0.3, 0.4) is 0 Å². The van der Waals surface area contributed by atoms with Crippen LogP contribution in [0.15, 0.2) is 18.2 Å². The molecule has 0 bridgehead atoms. The van der Waals surface area contributed by atoms with Gasteiger partial charge in [-0.3, -0.25) is 0 Å². The summed E-state index contributed by atoms with van der Waals surface area (Å²) in [6, 6.07) is 5.74. The lowest BCUT2D eigenvalue weighted by molar-refractivity contribution is 0.865. The van der Waals surface area contributed by atoms with E-state index in [1.54, 1.807) is 0 Å². The van der Waals surface area contributed by atoms with Crippen LogP contribution in [0, 0.1) is 6.92 Å². The molecule has 2 aromatic rings. The van der Waals surface area contributed by atoms with E-state index in [0.29, 0.717) is 16.5 Å². The SMILES string of the molecule is CCc1nc(-c2ccc(C)c(Cl)c2)c(N)n1N. The summed E-state index contributed by atoms with van der Waals surface area (Å²) in [5.41, 5.74) is 8.53. The maximum Gasteiger partial charge on any atom is 0.150 e. The minimum Gasteiger partial charge on any atom is -0.382 e. The molecule has 0 unspecified atom stereocenters. The molecular formula is C12H15ClN4. The molecule has 0 atom stereocenters. The smallest absolute Gasteiger partial charge is 0.150 e. The van der Waals surface area contributed by atoms with Gasteiger partial charge in [0.2, 0.25) is 0 Å². The number of aryl methyl sites for hydroxylation is 2. The second kappa shape index (κ2) is 4.30. The van der Waals surface area contributed by atoms with Crippen molar-refractivity contribution in [3.05, 3.63) is 34.6 Å². The van der Waals surface area contributed by atoms with E-state index in [2.05, 4.69) is 4.98 Å². The quantitative estimate of drug-likeness (QED) is 0.804. The summed E-state index contributed by atoms with van der Waals surface area (Å²) in [4.78, 5) is 4.42. The van der Waals surface area contributed by atoms with E-state index in [1.807, 2.05) is 32.0 Å². The summed E-state index contributed by atoms with van der Waals surface area (Å²) >= 11 is 6.09. The third-order valence-corrected chi connectivity index (χ3v) is 3.19. The minimum atomic E-state index is 0.460. The second-order valence-electron chi connectivity index (χ2n) is 3.95. The van der Waals surface area contributed by atoms with Crippen molar-refractivity contribution in [2.75, 3.05) is 11.6 Å². The van der Waals surface area contributed by atoms with Gasteiger partial charge in [-0.15, -0.1) is 0 Å². The third kappa shape index (κ3) is 1.96. The zero-order chi connectivity index (χ0) is 12.6. The number of hydrogen-bond acceptors (Lipinski definition) is 3. The number of halogens is 1. The zero-order valence-corrected chi connectivity index (χ0v) is 10.6. The number of nitrogens with two attached hydrogens (primary N) is 2. The Kier molecular flexibility index (Phi) is 2.98. The Morgan fingerprint density at radius 2 is 2.12 bits per heavy atom. The normalized spacial score (nSPS) is 10.8. The Morgan fingerprint density at radius 1 is 1.41 bits per heavy atom. The molecule has 0 aliphatic heterocycles. The predicted octanol–water partition coefficient (Wildman–Crippen LogP) is 2.37. The molecule has 90 valence electrons. The van der Waals surface area contributed by atoms with Gasteiger partial charge >= 0.3 is 0 Å². The van der Waals surface area contributed by atoms with Crippen molar-refractivity contribution in [2.24, 2.45) is 0 Å². The van der Waals surface area contributed by atoms with Gasteiger partial charge in [0.15, 0.2) is 5.82 Å². The molecule has 0 fully saturated rings. The van der Waals surface area contributed by atoms with E-state index >= 15 is 0 Å². The van der Waals surface area contributed by atoms with Crippen LogP contribution in [0.5, 0.6) is 0 Å². The lowest BCUT2D eigenvalue weighted by atomic mass is 10.1. The van der Waals surface area contributed by atoms with Gasteiger partial charge in [0.25, 0.3) is 0 Å². The molecule has 1 aromatic heterocycles. The fourth-order valence-electron chi connectivity index (χ4n) is 1.70. The van der Waals surface area contributed by atoms with Crippen LogP contribution < -0.4 is 11.6 Å². The first-order chi connectivity index (χ1) is 8.04. The molecule has 0 amide bonds. The lowest BCUT2D eigenvalue weighted by Crippen LogP contribution is -2.14. The number of nitrogen functional groups attached to an aromatic ring is 2. The third-order valence-electron chi connectivity index (χ3n) is 2.78. The van der Waals surface area contributed by atoms with Crippen LogP contribution in [-0.2, 0) is 6.42 Å². The highest BCUT2D eigenvalue weighted by Gasteiger charge is 2.13. The van der Waals surface area contributed by atoms with Gasteiger partial charge in [0, 0.05) is 17.0 Å². The van der Waals surface area contributed by atoms with Crippen molar-refractivity contribution in [1.29, 1.82) is 0 Å². The van der Waals surface area contributed by atoms with Gasteiger partial charge in [0.05, 0.1) is 0 Å². The van der Waals surface area contributed by atoms with E-state index in [0.717, 1.165) is 23.4 Å². The molecule has 0 aliphatic carbocycles. The van der Waals surface area contributed by atoms with Crippen LogP contribution in [0.1, 0.15) is 18.3 Å². The highest BCUT2D eigenvalue weighted by atomic mass is 35.5. The largest absolute Gasteiger partial charge is 0.382 e. The van der Waals surface area contributed by atoms with Gasteiger partial charge in [-0.25, -0.2) is 9.66 Å². The second-order valence-corrected chi connectivity index (χ2v) is 4.36. The van der Waals surface area contributed by atoms with Crippen LogP contribution in [0.2, 0.25) is 5.02 Å². The van der Waals surface area contributed by atoms with E-state index in [4.69, 9.17) is 23.2 Å². The van der Waals surface area contributed by atoms with Gasteiger partial charge in [-0.05, 0) is 18.6 Å². The van der Waals surface area contributed by atoms with Crippen LogP contribution in [-0.4, -0.2) is 9.66 Å². The molecule has 0 spiro atoms. The monoisotopic (exact) mass is 250 g/mol. The Labute approximate surface area is 105 Å². The molecule has 0 radical (unpaired) electrons. The van der Waals surface area contributed by atoms with E-state index in [9.17, 15) is 0 Å². The average molecular weight is 251 g/mol. The molecule has 5 heteroatoms. The summed E-state index contributed by atoms with van der Waals surface area (Å²) in [5, 5.41) is 0.700. The Balaban J connectivity index is 2.56. The van der Waals surface area contributed by atoms with Gasteiger partial charge in [0.1, 0.15) is 11.5 Å². The van der Waals surface area contributed by atoms with Crippen molar-refractivity contribution in [3.63, 3.8) is 0 Å². The first-order valence-electron chi connectivity index (χ1n) is 5.43. The molecule has 2 rings (SSSR count). The zero-order valence-electron chi connectivity index (χ0n) is 9.87. The van der Waals surface area contributed by atoms with Crippen LogP contribution in [0.4, 0.5) is 5.82 Å². The molecular weight excluding hydrogens is 236 g/mol. The number of rotatable bonds is 2. The van der Waals surface area contributed by atoms with Crippen molar-refractivity contribution in [2.45, 2.75) is 20.3 Å². The topological polar surface area (TPSA) is 69.9 Å². The maximum atomic E-state index is 6.09. The van der Waals surface area contributed by atoms with Crippen LogP contribution >= 0.6 is 11.6 Å². The van der Waals surface area contributed by atoms with Gasteiger partial charge in [-0.1, -0.05) is 30.7 Å². The Morgan fingerprint density at radius 3 is 2.65 bits per heavy atom. The molecule has 0 aliphatic rings. The summed E-state index contributed by atoms with van der Waals surface area (Å²) in [5.74, 6) is 7.03.